The molecule has 1 rings (SSSR count). The van der Waals surface area contributed by atoms with Crippen LogP contribution in [0.5, 0.6) is 5.75 Å². The average Bonchev–Trinajstić information content (AvgIpc) is 2.27. The number of benzene rings is 1. The van der Waals surface area contributed by atoms with E-state index in [1.807, 2.05) is 0 Å². The quantitative estimate of drug-likeness (QED) is 0.716. The first-order valence-corrected chi connectivity index (χ1v) is 5.03. The van der Waals surface area contributed by atoms with Gasteiger partial charge in [-0.3, -0.25) is 4.79 Å². The summed E-state index contributed by atoms with van der Waals surface area (Å²) >= 11 is 0. The molecular formula is C11H12F2O5. The molecule has 0 aliphatic rings. The van der Waals surface area contributed by atoms with Gasteiger partial charge >= 0.3 is 12.6 Å². The molecule has 0 aliphatic heterocycles. The first-order chi connectivity index (χ1) is 8.40. The monoisotopic (exact) mass is 262 g/mol. The van der Waals surface area contributed by atoms with Crippen molar-refractivity contribution in [1.29, 1.82) is 0 Å². The zero-order chi connectivity index (χ0) is 13.7. The molecule has 100 valence electrons. The molecule has 1 aromatic carbocycles. The van der Waals surface area contributed by atoms with Gasteiger partial charge in [-0.15, -0.1) is 0 Å². The van der Waals surface area contributed by atoms with Crippen LogP contribution in [0.3, 0.4) is 0 Å². The van der Waals surface area contributed by atoms with Crippen molar-refractivity contribution in [2.75, 3.05) is 0 Å². The predicted octanol–water partition coefficient (Wildman–Crippen LogP) is 1.16. The zero-order valence-corrected chi connectivity index (χ0v) is 9.16. The second-order valence-electron chi connectivity index (χ2n) is 3.56. The van der Waals surface area contributed by atoms with Gasteiger partial charge in [0.15, 0.2) is 0 Å². The smallest absolute Gasteiger partial charge is 0.387 e. The number of hydrogen-bond donors (Lipinski definition) is 3. The molecule has 0 amide bonds. The number of alkyl halides is 2. The Kier molecular flexibility index (Phi) is 4.99. The van der Waals surface area contributed by atoms with Crippen LogP contribution in [0.15, 0.2) is 24.3 Å². The number of hydrogen-bond acceptors (Lipinski definition) is 4. The van der Waals surface area contributed by atoms with E-state index < -0.39 is 31.2 Å². The van der Waals surface area contributed by atoms with E-state index in [0.717, 1.165) is 0 Å². The van der Waals surface area contributed by atoms with Crippen LogP contribution >= 0.6 is 0 Å². The number of ether oxygens (including phenoxy) is 1. The SMILES string of the molecule is O=C(O)CC(O)C(O)c1ccc(OC(F)F)cc1. The average molecular weight is 262 g/mol. The highest BCUT2D eigenvalue weighted by Gasteiger charge is 2.21. The van der Waals surface area contributed by atoms with Crippen molar-refractivity contribution >= 4 is 5.97 Å². The van der Waals surface area contributed by atoms with Crippen molar-refractivity contribution in [2.45, 2.75) is 25.2 Å². The van der Waals surface area contributed by atoms with Crippen LogP contribution in [0.1, 0.15) is 18.1 Å². The molecule has 7 heteroatoms. The zero-order valence-electron chi connectivity index (χ0n) is 9.16. The maximum Gasteiger partial charge on any atom is 0.387 e. The molecule has 0 heterocycles. The topological polar surface area (TPSA) is 87.0 Å². The minimum absolute atomic E-state index is 0.0892. The van der Waals surface area contributed by atoms with E-state index in [9.17, 15) is 23.8 Å². The third-order valence-electron chi connectivity index (χ3n) is 2.20. The van der Waals surface area contributed by atoms with Crippen molar-refractivity contribution in [3.8, 4) is 5.75 Å². The van der Waals surface area contributed by atoms with Gasteiger partial charge in [0.2, 0.25) is 0 Å². The number of carboxylic acids is 1. The first-order valence-electron chi connectivity index (χ1n) is 5.03. The Hall–Kier alpha value is -1.73. The summed E-state index contributed by atoms with van der Waals surface area (Å²) in [6.07, 6.45) is -3.48. The highest BCUT2D eigenvalue weighted by Crippen LogP contribution is 2.22. The Morgan fingerprint density at radius 3 is 2.22 bits per heavy atom. The molecule has 2 atom stereocenters. The first kappa shape index (κ1) is 14.3. The fourth-order valence-corrected chi connectivity index (χ4v) is 1.36. The summed E-state index contributed by atoms with van der Waals surface area (Å²) in [7, 11) is 0. The Morgan fingerprint density at radius 2 is 1.78 bits per heavy atom. The summed E-state index contributed by atoms with van der Waals surface area (Å²) in [5, 5.41) is 27.4. The largest absolute Gasteiger partial charge is 0.481 e. The Bertz CT molecular complexity index is 393. The van der Waals surface area contributed by atoms with Crippen LogP contribution in [0.25, 0.3) is 0 Å². The fourth-order valence-electron chi connectivity index (χ4n) is 1.36. The third kappa shape index (κ3) is 4.27. The van der Waals surface area contributed by atoms with Gasteiger partial charge in [0, 0.05) is 0 Å². The summed E-state index contributed by atoms with van der Waals surface area (Å²) in [5.41, 5.74) is 0.213. The number of aliphatic carboxylic acids is 1. The molecule has 0 bridgehead atoms. The van der Waals surface area contributed by atoms with Crippen molar-refractivity contribution in [2.24, 2.45) is 0 Å². The van der Waals surface area contributed by atoms with Gasteiger partial charge < -0.3 is 20.1 Å². The van der Waals surface area contributed by atoms with Gasteiger partial charge in [-0.1, -0.05) is 12.1 Å². The molecule has 0 spiro atoms. The summed E-state index contributed by atoms with van der Waals surface area (Å²) < 4.78 is 27.9. The standard InChI is InChI=1S/C11H12F2O5/c12-11(13)18-7-3-1-6(2-4-7)10(17)8(14)5-9(15)16/h1-4,8,10-11,14,17H,5H2,(H,15,16). The van der Waals surface area contributed by atoms with E-state index >= 15 is 0 Å². The Labute approximate surface area is 101 Å². The number of aliphatic hydroxyl groups is 2. The number of aliphatic hydroxyl groups excluding tert-OH is 2. The normalized spacial score (nSPS) is 14.3. The molecule has 1 aromatic rings. The van der Waals surface area contributed by atoms with Gasteiger partial charge in [0.1, 0.15) is 11.9 Å². The molecule has 0 aliphatic carbocycles. The molecule has 0 saturated heterocycles. The predicted molar refractivity (Wildman–Crippen MR) is 56.3 cm³/mol. The van der Waals surface area contributed by atoms with Crippen LogP contribution < -0.4 is 4.74 Å². The molecular weight excluding hydrogens is 250 g/mol. The lowest BCUT2D eigenvalue weighted by Crippen LogP contribution is -2.21. The van der Waals surface area contributed by atoms with Crippen molar-refractivity contribution in [3.05, 3.63) is 29.8 Å². The maximum absolute atomic E-state index is 11.9. The fraction of sp³-hybridized carbons (Fsp3) is 0.364. The molecule has 2 unspecified atom stereocenters. The van der Waals surface area contributed by atoms with Gasteiger partial charge in [0.25, 0.3) is 0 Å². The van der Waals surface area contributed by atoms with E-state index in [1.54, 1.807) is 0 Å². The molecule has 0 fully saturated rings. The van der Waals surface area contributed by atoms with Gasteiger partial charge in [-0.25, -0.2) is 0 Å². The Morgan fingerprint density at radius 1 is 1.22 bits per heavy atom. The maximum atomic E-state index is 11.9. The van der Waals surface area contributed by atoms with Crippen molar-refractivity contribution < 1.29 is 33.6 Å². The molecule has 0 radical (unpaired) electrons. The Balaban J connectivity index is 2.69. The molecule has 5 nitrogen and oxygen atoms in total. The summed E-state index contributed by atoms with van der Waals surface area (Å²) in [5.74, 6) is -1.34. The molecule has 18 heavy (non-hydrogen) atoms. The van der Waals surface area contributed by atoms with Crippen LogP contribution in [-0.4, -0.2) is 34.0 Å². The lowest BCUT2D eigenvalue weighted by Gasteiger charge is -2.16. The van der Waals surface area contributed by atoms with E-state index in [2.05, 4.69) is 4.74 Å². The van der Waals surface area contributed by atoms with Crippen molar-refractivity contribution in [1.82, 2.24) is 0 Å². The highest BCUT2D eigenvalue weighted by molar-refractivity contribution is 5.67. The van der Waals surface area contributed by atoms with Crippen LogP contribution in [0.2, 0.25) is 0 Å². The van der Waals surface area contributed by atoms with Gasteiger partial charge in [-0.05, 0) is 17.7 Å². The molecule has 0 aromatic heterocycles. The lowest BCUT2D eigenvalue weighted by atomic mass is 10.0. The minimum Gasteiger partial charge on any atom is -0.481 e. The van der Waals surface area contributed by atoms with Gasteiger partial charge in [0.05, 0.1) is 12.5 Å². The lowest BCUT2D eigenvalue weighted by molar-refractivity contribution is -0.141. The van der Waals surface area contributed by atoms with E-state index in [0.29, 0.717) is 0 Å². The van der Waals surface area contributed by atoms with E-state index in [1.165, 1.54) is 24.3 Å². The van der Waals surface area contributed by atoms with Gasteiger partial charge in [-0.2, -0.15) is 8.78 Å². The second kappa shape index (κ2) is 6.27. The summed E-state index contributed by atoms with van der Waals surface area (Å²) in [4.78, 5) is 10.3. The highest BCUT2D eigenvalue weighted by atomic mass is 19.3. The summed E-state index contributed by atoms with van der Waals surface area (Å²) in [6, 6.07) is 4.93. The van der Waals surface area contributed by atoms with Crippen LogP contribution in [0.4, 0.5) is 8.78 Å². The number of carbonyl (C=O) groups is 1. The minimum atomic E-state index is -2.95. The number of rotatable bonds is 6. The molecule has 0 saturated carbocycles. The van der Waals surface area contributed by atoms with Crippen LogP contribution in [-0.2, 0) is 4.79 Å². The second-order valence-corrected chi connectivity index (χ2v) is 3.56. The van der Waals surface area contributed by atoms with E-state index in [-0.39, 0.29) is 11.3 Å². The molecule has 3 N–H and O–H groups in total. The van der Waals surface area contributed by atoms with Crippen molar-refractivity contribution in [3.63, 3.8) is 0 Å². The van der Waals surface area contributed by atoms with E-state index in [4.69, 9.17) is 5.11 Å². The third-order valence-corrected chi connectivity index (χ3v) is 2.20. The number of halogens is 2. The number of carboxylic acid groups (broad SMARTS) is 1. The van der Waals surface area contributed by atoms with Crippen LogP contribution in [0, 0.1) is 0 Å². The summed E-state index contributed by atoms with van der Waals surface area (Å²) in [6.45, 7) is -2.95.